The molecular weight excluding hydrogens is 220 g/mol. The highest BCUT2D eigenvalue weighted by Gasteiger charge is 2.29. The maximum absolute atomic E-state index is 11.2. The van der Waals surface area contributed by atoms with Crippen molar-refractivity contribution in [3.63, 3.8) is 0 Å². The van der Waals surface area contributed by atoms with E-state index in [1.165, 1.54) is 13.8 Å². The third-order valence-electron chi connectivity index (χ3n) is 2.82. The minimum absolute atomic E-state index is 0.162. The second-order valence-electron chi connectivity index (χ2n) is 4.41. The van der Waals surface area contributed by atoms with E-state index < -0.39 is 23.7 Å². The average Bonchev–Trinajstić information content (AvgIpc) is 2.11. The Kier molecular flexibility index (Phi) is 5.50. The van der Waals surface area contributed by atoms with E-state index in [4.69, 9.17) is 22.3 Å². The van der Waals surface area contributed by atoms with Crippen LogP contribution < -0.4 is 11.5 Å². The number of primary amides is 2. The van der Waals surface area contributed by atoms with Crippen LogP contribution in [0.4, 0.5) is 0 Å². The number of carbonyl (C=O) groups is 2. The maximum atomic E-state index is 11.2. The SMILES string of the molecule is CC(=N)C(CC(C)C(C(C)=N)C(N)=O)C(N)=O. The second-order valence-corrected chi connectivity index (χ2v) is 4.41. The third-order valence-corrected chi connectivity index (χ3v) is 2.82. The van der Waals surface area contributed by atoms with Gasteiger partial charge < -0.3 is 22.3 Å². The topological polar surface area (TPSA) is 134 Å². The molecule has 6 nitrogen and oxygen atoms in total. The van der Waals surface area contributed by atoms with Crippen LogP contribution in [-0.2, 0) is 9.59 Å². The Hall–Kier alpha value is -1.72. The van der Waals surface area contributed by atoms with E-state index in [1.54, 1.807) is 6.92 Å². The Balaban J connectivity index is 4.86. The second kappa shape index (κ2) is 6.12. The van der Waals surface area contributed by atoms with Crippen molar-refractivity contribution in [2.45, 2.75) is 27.2 Å². The molecule has 0 bridgehead atoms. The van der Waals surface area contributed by atoms with Gasteiger partial charge in [-0.05, 0) is 26.2 Å². The highest BCUT2D eigenvalue weighted by atomic mass is 16.1. The molecule has 0 saturated carbocycles. The average molecular weight is 240 g/mol. The summed E-state index contributed by atoms with van der Waals surface area (Å²) in [6, 6.07) is 0. The van der Waals surface area contributed by atoms with Gasteiger partial charge in [0.05, 0.1) is 11.8 Å². The summed E-state index contributed by atoms with van der Waals surface area (Å²) in [7, 11) is 0. The van der Waals surface area contributed by atoms with Gasteiger partial charge in [-0.2, -0.15) is 0 Å². The fourth-order valence-corrected chi connectivity index (χ4v) is 1.93. The summed E-state index contributed by atoms with van der Waals surface area (Å²) in [5.74, 6) is -2.88. The molecule has 0 fully saturated rings. The molecule has 0 saturated heterocycles. The van der Waals surface area contributed by atoms with E-state index in [0.717, 1.165) is 0 Å². The first kappa shape index (κ1) is 15.3. The van der Waals surface area contributed by atoms with Crippen molar-refractivity contribution in [3.05, 3.63) is 0 Å². The van der Waals surface area contributed by atoms with Crippen molar-refractivity contribution in [3.8, 4) is 0 Å². The Morgan fingerprint density at radius 1 is 1.06 bits per heavy atom. The van der Waals surface area contributed by atoms with Crippen LogP contribution in [0.1, 0.15) is 27.2 Å². The Morgan fingerprint density at radius 3 is 1.76 bits per heavy atom. The van der Waals surface area contributed by atoms with Crippen LogP contribution in [0, 0.1) is 28.6 Å². The first-order chi connectivity index (χ1) is 7.68. The lowest BCUT2D eigenvalue weighted by Crippen LogP contribution is -2.37. The molecule has 0 aromatic heterocycles. The van der Waals surface area contributed by atoms with Crippen molar-refractivity contribution in [2.75, 3.05) is 0 Å². The maximum Gasteiger partial charge on any atom is 0.226 e. The van der Waals surface area contributed by atoms with E-state index in [0.29, 0.717) is 0 Å². The van der Waals surface area contributed by atoms with Crippen LogP contribution in [0.3, 0.4) is 0 Å². The molecule has 0 aromatic rings. The minimum Gasteiger partial charge on any atom is -0.369 e. The predicted molar refractivity (Wildman–Crippen MR) is 66.0 cm³/mol. The van der Waals surface area contributed by atoms with Crippen molar-refractivity contribution < 1.29 is 9.59 Å². The van der Waals surface area contributed by atoms with Crippen molar-refractivity contribution in [1.29, 1.82) is 10.8 Å². The normalized spacial score (nSPS) is 15.7. The van der Waals surface area contributed by atoms with Crippen molar-refractivity contribution in [2.24, 2.45) is 29.2 Å². The molecule has 96 valence electrons. The molecule has 0 aliphatic heterocycles. The van der Waals surface area contributed by atoms with Crippen molar-refractivity contribution in [1.82, 2.24) is 0 Å². The molecule has 17 heavy (non-hydrogen) atoms. The molecule has 3 atom stereocenters. The molecule has 0 spiro atoms. The minimum atomic E-state index is -0.712. The molecule has 0 aliphatic carbocycles. The number of amides is 2. The molecule has 0 heterocycles. The molecule has 0 rings (SSSR count). The molecule has 0 aromatic carbocycles. The molecule has 0 aliphatic rings. The quantitative estimate of drug-likeness (QED) is 0.476. The van der Waals surface area contributed by atoms with E-state index in [2.05, 4.69) is 0 Å². The summed E-state index contributed by atoms with van der Waals surface area (Å²) in [5, 5.41) is 15.0. The molecule has 6 heteroatoms. The number of carbonyl (C=O) groups excluding carboxylic acids is 2. The van der Waals surface area contributed by atoms with Gasteiger partial charge in [-0.15, -0.1) is 0 Å². The summed E-state index contributed by atoms with van der Waals surface area (Å²) >= 11 is 0. The van der Waals surface area contributed by atoms with Crippen LogP contribution >= 0.6 is 0 Å². The lowest BCUT2D eigenvalue weighted by atomic mass is 9.81. The Morgan fingerprint density at radius 2 is 1.53 bits per heavy atom. The summed E-state index contributed by atoms with van der Waals surface area (Å²) < 4.78 is 0. The standard InChI is InChI=1S/C11H20N4O2/c1-5(9(7(3)13)11(15)17)4-8(6(2)12)10(14)16/h5,8-9,12-13H,4H2,1-3H3,(H2,14,16)(H2,15,17). The van der Waals surface area contributed by atoms with E-state index >= 15 is 0 Å². The third kappa shape index (κ3) is 4.34. The van der Waals surface area contributed by atoms with Crippen molar-refractivity contribution >= 4 is 23.2 Å². The van der Waals surface area contributed by atoms with Gasteiger partial charge in [-0.3, -0.25) is 9.59 Å². The largest absolute Gasteiger partial charge is 0.369 e. The summed E-state index contributed by atoms with van der Waals surface area (Å²) in [5.41, 5.74) is 10.7. The van der Waals surface area contributed by atoms with Gasteiger partial charge in [0.2, 0.25) is 11.8 Å². The highest BCUT2D eigenvalue weighted by Crippen LogP contribution is 2.22. The predicted octanol–water partition coefficient (Wildman–Crippen LogP) is 0.295. The number of hydrogen-bond donors (Lipinski definition) is 4. The van der Waals surface area contributed by atoms with Crippen LogP contribution in [0.15, 0.2) is 0 Å². The van der Waals surface area contributed by atoms with Crippen LogP contribution in [-0.4, -0.2) is 23.2 Å². The highest BCUT2D eigenvalue weighted by molar-refractivity contribution is 6.02. The van der Waals surface area contributed by atoms with Gasteiger partial charge >= 0.3 is 0 Å². The molecule has 6 N–H and O–H groups in total. The van der Waals surface area contributed by atoms with Crippen LogP contribution in [0.2, 0.25) is 0 Å². The summed E-state index contributed by atoms with van der Waals surface area (Å²) in [6.07, 6.45) is 0.258. The lowest BCUT2D eigenvalue weighted by molar-refractivity contribution is -0.123. The summed E-state index contributed by atoms with van der Waals surface area (Å²) in [4.78, 5) is 22.4. The fourth-order valence-electron chi connectivity index (χ4n) is 1.93. The number of rotatable bonds is 7. The van der Waals surface area contributed by atoms with E-state index in [-0.39, 0.29) is 23.8 Å². The first-order valence-electron chi connectivity index (χ1n) is 5.37. The molecule has 2 amide bonds. The van der Waals surface area contributed by atoms with Crippen LogP contribution in [0.5, 0.6) is 0 Å². The van der Waals surface area contributed by atoms with Gasteiger partial charge in [0.15, 0.2) is 0 Å². The van der Waals surface area contributed by atoms with Gasteiger partial charge in [0.1, 0.15) is 0 Å². The smallest absolute Gasteiger partial charge is 0.226 e. The number of nitrogens with one attached hydrogen (secondary N) is 2. The van der Waals surface area contributed by atoms with E-state index in [9.17, 15) is 9.59 Å². The fraction of sp³-hybridized carbons (Fsp3) is 0.636. The van der Waals surface area contributed by atoms with Gasteiger partial charge in [-0.25, -0.2) is 0 Å². The molecule has 3 unspecified atom stereocenters. The first-order valence-corrected chi connectivity index (χ1v) is 5.37. The monoisotopic (exact) mass is 240 g/mol. The number of hydrogen-bond acceptors (Lipinski definition) is 4. The number of nitrogens with two attached hydrogens (primary N) is 2. The van der Waals surface area contributed by atoms with Gasteiger partial charge in [0, 0.05) is 11.4 Å². The summed E-state index contributed by atoms with van der Waals surface area (Å²) in [6.45, 7) is 4.73. The lowest BCUT2D eigenvalue weighted by Gasteiger charge is -2.23. The zero-order valence-corrected chi connectivity index (χ0v) is 10.4. The Bertz CT molecular complexity index is 323. The molecule has 0 radical (unpaired) electrons. The van der Waals surface area contributed by atoms with E-state index in [1.807, 2.05) is 0 Å². The Labute approximate surface area is 101 Å². The zero-order chi connectivity index (χ0) is 13.7. The van der Waals surface area contributed by atoms with Gasteiger partial charge in [-0.1, -0.05) is 6.92 Å². The zero-order valence-electron chi connectivity index (χ0n) is 10.4. The van der Waals surface area contributed by atoms with Crippen LogP contribution in [0.25, 0.3) is 0 Å². The molecular formula is C11H20N4O2. The van der Waals surface area contributed by atoms with Gasteiger partial charge in [0.25, 0.3) is 0 Å².